The van der Waals surface area contributed by atoms with Crippen molar-refractivity contribution < 1.29 is 8.42 Å². The summed E-state index contributed by atoms with van der Waals surface area (Å²) in [5.74, 6) is 0.672. The van der Waals surface area contributed by atoms with Crippen LogP contribution in [0.3, 0.4) is 0 Å². The number of piperazine rings is 1. The van der Waals surface area contributed by atoms with E-state index in [9.17, 15) is 8.42 Å². The smallest absolute Gasteiger partial charge is 0.215 e. The number of nitrogens with one attached hydrogen (secondary N) is 1. The zero-order chi connectivity index (χ0) is 13.9. The van der Waals surface area contributed by atoms with Crippen LogP contribution in [0.15, 0.2) is 0 Å². The third kappa shape index (κ3) is 4.70. The zero-order valence-corrected chi connectivity index (χ0v) is 13.0. The van der Waals surface area contributed by atoms with Gasteiger partial charge in [0.2, 0.25) is 10.0 Å². The minimum atomic E-state index is -3.08. The van der Waals surface area contributed by atoms with Gasteiger partial charge in [-0.3, -0.25) is 4.90 Å². The molecular weight excluding hydrogens is 262 g/mol. The van der Waals surface area contributed by atoms with E-state index in [2.05, 4.69) is 24.1 Å². The number of hydrogen-bond donors (Lipinski definition) is 1. The Balaban J connectivity index is 1.87. The summed E-state index contributed by atoms with van der Waals surface area (Å²) < 4.78 is 26.7. The average molecular weight is 289 g/mol. The van der Waals surface area contributed by atoms with Crippen molar-refractivity contribution in [3.05, 3.63) is 0 Å². The van der Waals surface area contributed by atoms with E-state index >= 15 is 0 Å². The highest BCUT2D eigenvalue weighted by Crippen LogP contribution is 2.30. The number of sulfonamides is 1. The molecule has 2 aliphatic rings. The second-order valence-corrected chi connectivity index (χ2v) is 8.14. The van der Waals surface area contributed by atoms with Crippen molar-refractivity contribution in [3.8, 4) is 0 Å². The third-order valence-electron chi connectivity index (χ3n) is 3.73. The van der Waals surface area contributed by atoms with Crippen molar-refractivity contribution in [1.82, 2.24) is 14.5 Å². The minimum Gasteiger partial charge on any atom is -0.314 e. The van der Waals surface area contributed by atoms with Crippen LogP contribution in [0.4, 0.5) is 0 Å². The number of hydrogen-bond acceptors (Lipinski definition) is 4. The molecule has 0 radical (unpaired) electrons. The molecule has 0 amide bonds. The van der Waals surface area contributed by atoms with E-state index in [-0.39, 0.29) is 11.8 Å². The molecule has 0 unspecified atom stereocenters. The second kappa shape index (κ2) is 6.52. The number of nitrogens with zero attached hydrogens (tertiary/aromatic N) is 2. The van der Waals surface area contributed by atoms with E-state index in [0.717, 1.165) is 39.0 Å². The molecule has 5 nitrogen and oxygen atoms in total. The molecule has 19 heavy (non-hydrogen) atoms. The molecule has 2 fully saturated rings. The summed E-state index contributed by atoms with van der Waals surface area (Å²) in [5.41, 5.74) is 0. The Kier molecular flexibility index (Phi) is 5.22. The van der Waals surface area contributed by atoms with Gasteiger partial charge in [-0.15, -0.1) is 0 Å². The standard InChI is InChI=1S/C13H27N3O2S/c1-12(2)11-16(13-3-4-13)19(17,18)10-9-15-7-5-14-6-8-15/h12-14H,3-11H2,1-2H3. The lowest BCUT2D eigenvalue weighted by atomic mass is 10.2. The van der Waals surface area contributed by atoms with Crippen LogP contribution >= 0.6 is 0 Å². The first-order chi connectivity index (χ1) is 8.99. The summed E-state index contributed by atoms with van der Waals surface area (Å²) in [5, 5.41) is 3.29. The third-order valence-corrected chi connectivity index (χ3v) is 5.59. The van der Waals surface area contributed by atoms with Gasteiger partial charge in [0.25, 0.3) is 0 Å². The summed E-state index contributed by atoms with van der Waals surface area (Å²) in [6, 6.07) is 0.287. The highest BCUT2D eigenvalue weighted by atomic mass is 32.2. The van der Waals surface area contributed by atoms with Gasteiger partial charge in [-0.2, -0.15) is 4.31 Å². The van der Waals surface area contributed by atoms with E-state index in [4.69, 9.17) is 0 Å². The lowest BCUT2D eigenvalue weighted by Crippen LogP contribution is -2.47. The Labute approximate surface area is 117 Å². The largest absolute Gasteiger partial charge is 0.314 e. The molecule has 0 bridgehead atoms. The van der Waals surface area contributed by atoms with E-state index in [1.807, 2.05) is 0 Å². The fraction of sp³-hybridized carbons (Fsp3) is 1.00. The molecule has 0 aromatic carbocycles. The maximum Gasteiger partial charge on any atom is 0.215 e. The quantitative estimate of drug-likeness (QED) is 0.734. The van der Waals surface area contributed by atoms with Crippen LogP contribution in [0.2, 0.25) is 0 Å². The molecule has 1 saturated carbocycles. The van der Waals surface area contributed by atoms with Gasteiger partial charge in [0.05, 0.1) is 5.75 Å². The van der Waals surface area contributed by atoms with Crippen LogP contribution < -0.4 is 5.32 Å². The summed E-state index contributed by atoms with van der Waals surface area (Å²) in [7, 11) is -3.08. The van der Waals surface area contributed by atoms with Crippen LogP contribution in [0.25, 0.3) is 0 Å². The Morgan fingerprint density at radius 1 is 1.26 bits per heavy atom. The van der Waals surface area contributed by atoms with Crippen molar-refractivity contribution >= 4 is 10.0 Å². The molecule has 1 heterocycles. The normalized spacial score (nSPS) is 22.3. The van der Waals surface area contributed by atoms with Crippen molar-refractivity contribution in [1.29, 1.82) is 0 Å². The fourth-order valence-corrected chi connectivity index (χ4v) is 4.42. The molecule has 0 atom stereocenters. The highest BCUT2D eigenvalue weighted by molar-refractivity contribution is 7.89. The van der Waals surface area contributed by atoms with Crippen molar-refractivity contribution in [2.24, 2.45) is 5.92 Å². The van der Waals surface area contributed by atoms with Crippen LogP contribution in [0.1, 0.15) is 26.7 Å². The van der Waals surface area contributed by atoms with Gasteiger partial charge in [-0.1, -0.05) is 13.8 Å². The van der Waals surface area contributed by atoms with Crippen LogP contribution in [0.5, 0.6) is 0 Å². The van der Waals surface area contributed by atoms with Crippen molar-refractivity contribution in [3.63, 3.8) is 0 Å². The van der Waals surface area contributed by atoms with Crippen LogP contribution in [-0.2, 0) is 10.0 Å². The van der Waals surface area contributed by atoms with Gasteiger partial charge in [0.15, 0.2) is 0 Å². The monoisotopic (exact) mass is 289 g/mol. The topological polar surface area (TPSA) is 52.7 Å². The number of rotatable bonds is 7. The van der Waals surface area contributed by atoms with E-state index in [1.54, 1.807) is 4.31 Å². The van der Waals surface area contributed by atoms with Gasteiger partial charge in [-0.25, -0.2) is 8.42 Å². The predicted molar refractivity (Wildman–Crippen MR) is 77.7 cm³/mol. The molecule has 112 valence electrons. The maximum atomic E-state index is 12.5. The summed E-state index contributed by atoms with van der Waals surface area (Å²) in [6.45, 7) is 9.38. The van der Waals surface area contributed by atoms with E-state index < -0.39 is 10.0 Å². The Hall–Kier alpha value is -0.170. The molecule has 1 aliphatic carbocycles. The summed E-state index contributed by atoms with van der Waals surface area (Å²) in [4.78, 5) is 2.24. The Bertz CT molecular complexity index is 373. The first kappa shape index (κ1) is 15.2. The molecule has 1 saturated heterocycles. The van der Waals surface area contributed by atoms with Gasteiger partial charge in [0, 0.05) is 45.3 Å². The Morgan fingerprint density at radius 2 is 1.89 bits per heavy atom. The highest BCUT2D eigenvalue weighted by Gasteiger charge is 2.37. The van der Waals surface area contributed by atoms with E-state index in [0.29, 0.717) is 19.0 Å². The maximum absolute atomic E-state index is 12.5. The molecule has 6 heteroatoms. The van der Waals surface area contributed by atoms with Crippen LogP contribution in [0, 0.1) is 5.92 Å². The summed E-state index contributed by atoms with van der Waals surface area (Å²) in [6.07, 6.45) is 2.08. The van der Waals surface area contributed by atoms with E-state index in [1.165, 1.54) is 0 Å². The molecule has 1 aliphatic heterocycles. The predicted octanol–water partition coefficient (Wildman–Crippen LogP) is 0.342. The van der Waals surface area contributed by atoms with Gasteiger partial charge < -0.3 is 5.32 Å². The average Bonchev–Trinajstić information content (AvgIpc) is 3.19. The molecular formula is C13H27N3O2S. The molecule has 0 aromatic rings. The molecule has 2 rings (SSSR count). The Morgan fingerprint density at radius 3 is 2.42 bits per heavy atom. The van der Waals surface area contributed by atoms with Crippen molar-refractivity contribution in [2.75, 3.05) is 45.0 Å². The lowest BCUT2D eigenvalue weighted by Gasteiger charge is -2.29. The lowest BCUT2D eigenvalue weighted by molar-refractivity contribution is 0.251. The first-order valence-electron chi connectivity index (χ1n) is 7.41. The summed E-state index contributed by atoms with van der Waals surface area (Å²) >= 11 is 0. The minimum absolute atomic E-state index is 0.274. The van der Waals surface area contributed by atoms with Crippen molar-refractivity contribution in [2.45, 2.75) is 32.7 Å². The molecule has 1 N–H and O–H groups in total. The second-order valence-electron chi connectivity index (χ2n) is 6.10. The molecule has 0 aromatic heterocycles. The zero-order valence-electron chi connectivity index (χ0n) is 12.1. The van der Waals surface area contributed by atoms with Gasteiger partial charge in [-0.05, 0) is 18.8 Å². The van der Waals surface area contributed by atoms with Gasteiger partial charge in [0.1, 0.15) is 0 Å². The SMILES string of the molecule is CC(C)CN(C1CC1)S(=O)(=O)CCN1CCNCC1. The van der Waals surface area contributed by atoms with Gasteiger partial charge >= 0.3 is 0 Å². The fourth-order valence-electron chi connectivity index (χ4n) is 2.51. The van der Waals surface area contributed by atoms with Crippen LogP contribution in [-0.4, -0.2) is 68.7 Å². The first-order valence-corrected chi connectivity index (χ1v) is 9.02. The molecule has 0 spiro atoms.